The summed E-state index contributed by atoms with van der Waals surface area (Å²) < 4.78 is 16.9. The number of hydrogen-bond donors (Lipinski definition) is 0. The van der Waals surface area contributed by atoms with Crippen LogP contribution in [0.15, 0.2) is 91.0 Å². The summed E-state index contributed by atoms with van der Waals surface area (Å²) in [5.74, 6) is 0.515. The molecular weight excluding hydrogens is 337 g/mol. The zero-order valence-electron chi connectivity index (χ0n) is 15.0. The van der Waals surface area contributed by atoms with Crippen molar-refractivity contribution in [3.05, 3.63) is 96.6 Å². The Bertz CT molecular complexity index is 852. The molecule has 0 amide bonds. The van der Waals surface area contributed by atoms with Gasteiger partial charge in [0.1, 0.15) is 0 Å². The fraction of sp³-hybridized carbons (Fsp3) is 0.217. The number of rotatable bonds is 4. The van der Waals surface area contributed by atoms with Crippen molar-refractivity contribution in [2.45, 2.75) is 19.4 Å². The molecule has 0 radical (unpaired) electrons. The van der Waals surface area contributed by atoms with Crippen LogP contribution in [0.2, 0.25) is 0 Å². The van der Waals surface area contributed by atoms with E-state index in [4.69, 9.17) is 0 Å². The molecule has 3 heteroatoms. The van der Waals surface area contributed by atoms with Crippen molar-refractivity contribution < 1.29 is 4.57 Å². The van der Waals surface area contributed by atoms with Gasteiger partial charge in [0.15, 0.2) is 0 Å². The second-order valence-electron chi connectivity index (χ2n) is 7.14. The van der Waals surface area contributed by atoms with Crippen LogP contribution in [-0.2, 0) is 4.57 Å². The van der Waals surface area contributed by atoms with E-state index in [0.717, 1.165) is 23.6 Å². The van der Waals surface area contributed by atoms with Crippen molar-refractivity contribution in [3.8, 4) is 0 Å². The van der Waals surface area contributed by atoms with Gasteiger partial charge in [-0.15, -0.1) is 0 Å². The van der Waals surface area contributed by atoms with Crippen molar-refractivity contribution in [1.82, 2.24) is 4.67 Å². The molecule has 1 heterocycles. The lowest BCUT2D eigenvalue weighted by Gasteiger charge is -2.34. The molecule has 1 saturated heterocycles. The Morgan fingerprint density at radius 3 is 1.73 bits per heavy atom. The smallest absolute Gasteiger partial charge is 0.207 e. The second kappa shape index (κ2) is 7.23. The predicted molar refractivity (Wildman–Crippen MR) is 109 cm³/mol. The first-order valence-electron chi connectivity index (χ1n) is 9.23. The average Bonchev–Trinajstić information content (AvgIpc) is 3.11. The third kappa shape index (κ3) is 3.05. The quantitative estimate of drug-likeness (QED) is 0.610. The molecule has 0 spiro atoms. The highest BCUT2D eigenvalue weighted by molar-refractivity contribution is 7.76. The lowest BCUT2D eigenvalue weighted by Crippen LogP contribution is -2.32. The van der Waals surface area contributed by atoms with Gasteiger partial charge in [-0.2, -0.15) is 0 Å². The van der Waals surface area contributed by atoms with Gasteiger partial charge < -0.3 is 0 Å². The van der Waals surface area contributed by atoms with Gasteiger partial charge in [0.2, 0.25) is 7.29 Å². The highest BCUT2D eigenvalue weighted by Gasteiger charge is 2.44. The summed E-state index contributed by atoms with van der Waals surface area (Å²) in [5.41, 5.74) is 1.25. The van der Waals surface area contributed by atoms with Crippen molar-refractivity contribution in [2.24, 2.45) is 5.92 Å². The van der Waals surface area contributed by atoms with E-state index < -0.39 is 7.29 Å². The first-order chi connectivity index (χ1) is 12.7. The zero-order chi connectivity index (χ0) is 18.0. The molecular formula is C23H24NOP. The van der Waals surface area contributed by atoms with E-state index in [1.165, 1.54) is 5.56 Å². The van der Waals surface area contributed by atoms with Gasteiger partial charge in [-0.3, -0.25) is 4.57 Å². The van der Waals surface area contributed by atoms with Gasteiger partial charge in [0, 0.05) is 23.2 Å². The largest absolute Gasteiger partial charge is 0.296 e. The Morgan fingerprint density at radius 1 is 0.769 bits per heavy atom. The van der Waals surface area contributed by atoms with Gasteiger partial charge in [0.05, 0.1) is 0 Å². The van der Waals surface area contributed by atoms with Crippen LogP contribution in [0.25, 0.3) is 0 Å². The molecule has 1 aliphatic rings. The fourth-order valence-corrected chi connectivity index (χ4v) is 7.20. The van der Waals surface area contributed by atoms with E-state index >= 15 is 0 Å². The summed E-state index contributed by atoms with van der Waals surface area (Å²) in [7, 11) is -2.90. The Kier molecular flexibility index (Phi) is 4.80. The Labute approximate surface area is 155 Å². The molecule has 132 valence electrons. The van der Waals surface area contributed by atoms with Crippen molar-refractivity contribution in [2.75, 3.05) is 6.54 Å². The number of hydrogen-bond acceptors (Lipinski definition) is 1. The zero-order valence-corrected chi connectivity index (χ0v) is 15.9. The minimum atomic E-state index is -2.90. The molecule has 3 aromatic carbocycles. The van der Waals surface area contributed by atoms with Crippen molar-refractivity contribution in [3.63, 3.8) is 0 Å². The normalized spacial score (nSPS) is 21.0. The summed E-state index contributed by atoms with van der Waals surface area (Å²) in [6, 6.07) is 30.7. The van der Waals surface area contributed by atoms with Crippen LogP contribution in [0.4, 0.5) is 0 Å². The molecule has 0 aliphatic carbocycles. The van der Waals surface area contributed by atoms with E-state index in [1.54, 1.807) is 0 Å². The highest BCUT2D eigenvalue weighted by Crippen LogP contribution is 2.56. The van der Waals surface area contributed by atoms with Crippen molar-refractivity contribution >= 4 is 17.9 Å². The first-order valence-corrected chi connectivity index (χ1v) is 10.9. The standard InChI is InChI=1S/C23H24NOP/c1-19-17-23(20-11-5-2-6-12-20)24(18-19)26(25,21-13-7-3-8-14-21)22-15-9-4-10-16-22/h2-16,19,23H,17-18H2,1H3/t19-,23+/m1/s1. The van der Waals surface area contributed by atoms with Crippen LogP contribution in [0.1, 0.15) is 24.9 Å². The van der Waals surface area contributed by atoms with Crippen molar-refractivity contribution in [1.29, 1.82) is 0 Å². The van der Waals surface area contributed by atoms with Gasteiger partial charge in [-0.25, -0.2) is 4.67 Å². The number of nitrogens with zero attached hydrogens (tertiary/aromatic N) is 1. The van der Waals surface area contributed by atoms with E-state index in [-0.39, 0.29) is 6.04 Å². The molecule has 3 aromatic rings. The summed E-state index contributed by atoms with van der Waals surface area (Å²) in [4.78, 5) is 0. The summed E-state index contributed by atoms with van der Waals surface area (Å²) >= 11 is 0. The summed E-state index contributed by atoms with van der Waals surface area (Å²) in [5, 5.41) is 1.84. The highest BCUT2D eigenvalue weighted by atomic mass is 31.2. The predicted octanol–water partition coefficient (Wildman–Crippen LogP) is 5.00. The maximum atomic E-state index is 14.7. The van der Waals surface area contributed by atoms with Crippen LogP contribution >= 0.6 is 7.29 Å². The van der Waals surface area contributed by atoms with Crippen LogP contribution < -0.4 is 10.6 Å². The van der Waals surface area contributed by atoms with E-state index in [0.29, 0.717) is 5.92 Å². The summed E-state index contributed by atoms with van der Waals surface area (Å²) in [6.07, 6.45) is 1.04. The van der Waals surface area contributed by atoms with E-state index in [1.807, 2.05) is 66.7 Å². The fourth-order valence-electron chi connectivity index (χ4n) is 4.02. The van der Waals surface area contributed by atoms with Crippen LogP contribution in [0.3, 0.4) is 0 Å². The second-order valence-corrected chi connectivity index (χ2v) is 9.84. The van der Waals surface area contributed by atoms with Crippen LogP contribution in [-0.4, -0.2) is 11.2 Å². The molecule has 1 aliphatic heterocycles. The van der Waals surface area contributed by atoms with Gasteiger partial charge in [0.25, 0.3) is 0 Å². The van der Waals surface area contributed by atoms with Gasteiger partial charge in [-0.05, 0) is 42.2 Å². The minimum Gasteiger partial charge on any atom is -0.296 e. The molecule has 0 N–H and O–H groups in total. The SMILES string of the molecule is C[C@@H]1C[C@@H](c2ccccc2)N(P(=O)(c2ccccc2)c2ccccc2)C1. The maximum Gasteiger partial charge on any atom is 0.207 e. The molecule has 0 bridgehead atoms. The summed E-state index contributed by atoms with van der Waals surface area (Å²) in [6.45, 7) is 3.11. The third-order valence-corrected chi connectivity index (χ3v) is 8.40. The lowest BCUT2D eigenvalue weighted by molar-refractivity contribution is 0.404. The average molecular weight is 361 g/mol. The van der Waals surface area contributed by atoms with E-state index in [9.17, 15) is 4.57 Å². The molecule has 1 fully saturated rings. The maximum absolute atomic E-state index is 14.7. The molecule has 0 saturated carbocycles. The Morgan fingerprint density at radius 2 is 1.23 bits per heavy atom. The minimum absolute atomic E-state index is 0.178. The molecule has 4 rings (SSSR count). The van der Waals surface area contributed by atoms with Gasteiger partial charge in [-0.1, -0.05) is 73.7 Å². The molecule has 2 nitrogen and oxygen atoms in total. The third-order valence-electron chi connectivity index (χ3n) is 5.24. The van der Waals surface area contributed by atoms with Gasteiger partial charge >= 0.3 is 0 Å². The van der Waals surface area contributed by atoms with Crippen LogP contribution in [0, 0.1) is 5.92 Å². The lowest BCUT2D eigenvalue weighted by atomic mass is 10.0. The topological polar surface area (TPSA) is 20.3 Å². The number of benzene rings is 3. The molecule has 2 atom stereocenters. The molecule has 26 heavy (non-hydrogen) atoms. The van der Waals surface area contributed by atoms with Crippen LogP contribution in [0.5, 0.6) is 0 Å². The monoisotopic (exact) mass is 361 g/mol. The Balaban J connectivity index is 1.87. The molecule has 0 unspecified atom stereocenters. The first kappa shape index (κ1) is 17.3. The van der Waals surface area contributed by atoms with E-state index in [2.05, 4.69) is 35.9 Å². The Hall–Kier alpha value is -2.15. The molecule has 0 aromatic heterocycles.